The lowest BCUT2D eigenvalue weighted by Crippen LogP contribution is -2.52. The van der Waals surface area contributed by atoms with Crippen LogP contribution in [0, 0.1) is 5.92 Å². The van der Waals surface area contributed by atoms with Gasteiger partial charge in [0.2, 0.25) is 11.8 Å². The van der Waals surface area contributed by atoms with Gasteiger partial charge in [-0.25, -0.2) is 0 Å². The van der Waals surface area contributed by atoms with Gasteiger partial charge in [0, 0.05) is 39.3 Å². The Balaban J connectivity index is 1.41. The maximum Gasteiger partial charge on any atom is 0.248 e. The number of benzene rings is 1. The smallest absolute Gasteiger partial charge is 0.248 e. The van der Waals surface area contributed by atoms with E-state index < -0.39 is 0 Å². The Morgan fingerprint density at radius 3 is 2.57 bits per heavy atom. The average molecular weight is 388 g/mol. The van der Waals surface area contributed by atoms with Gasteiger partial charge in [0.15, 0.2) is 0 Å². The van der Waals surface area contributed by atoms with Crippen LogP contribution in [-0.2, 0) is 20.7 Å². The third-order valence-corrected chi connectivity index (χ3v) is 5.98. The molecule has 0 aliphatic carbocycles. The largest absolute Gasteiger partial charge is 0.375 e. The third-order valence-electron chi connectivity index (χ3n) is 5.98. The zero-order chi connectivity index (χ0) is 19.8. The van der Waals surface area contributed by atoms with Crippen LogP contribution >= 0.6 is 0 Å². The molecule has 2 amide bonds. The second-order valence-corrected chi connectivity index (χ2v) is 7.91. The molecule has 0 unspecified atom stereocenters. The highest BCUT2D eigenvalue weighted by molar-refractivity contribution is 5.79. The third kappa shape index (κ3) is 5.79. The summed E-state index contributed by atoms with van der Waals surface area (Å²) in [7, 11) is 1.56. The van der Waals surface area contributed by atoms with E-state index >= 15 is 0 Å². The Kier molecular flexibility index (Phi) is 7.86. The van der Waals surface area contributed by atoms with Gasteiger partial charge < -0.3 is 15.0 Å². The molecule has 1 aromatic rings. The van der Waals surface area contributed by atoms with Crippen molar-refractivity contribution < 1.29 is 14.3 Å². The lowest BCUT2D eigenvalue weighted by molar-refractivity contribution is -0.136. The van der Waals surface area contributed by atoms with E-state index in [2.05, 4.69) is 22.3 Å². The van der Waals surface area contributed by atoms with E-state index in [4.69, 9.17) is 4.74 Å². The first kappa shape index (κ1) is 20.8. The van der Waals surface area contributed by atoms with Crippen LogP contribution in [0.25, 0.3) is 0 Å². The molecule has 6 heteroatoms. The van der Waals surface area contributed by atoms with E-state index in [1.54, 1.807) is 7.11 Å². The highest BCUT2D eigenvalue weighted by Gasteiger charge is 2.32. The quantitative estimate of drug-likeness (QED) is 0.774. The van der Waals surface area contributed by atoms with Crippen molar-refractivity contribution in [1.82, 2.24) is 15.1 Å². The van der Waals surface area contributed by atoms with Gasteiger partial charge in [0.05, 0.1) is 5.92 Å². The summed E-state index contributed by atoms with van der Waals surface area (Å²) in [4.78, 5) is 29.0. The SMILES string of the molecule is COCC(=O)N1CCC(N2CCC[C@H](C(=O)NCCc3ccccc3)C2)CC1. The molecule has 1 N–H and O–H groups in total. The summed E-state index contributed by atoms with van der Waals surface area (Å²) >= 11 is 0. The van der Waals surface area contributed by atoms with Gasteiger partial charge in [0.1, 0.15) is 6.61 Å². The molecular weight excluding hydrogens is 354 g/mol. The van der Waals surface area contributed by atoms with Crippen molar-refractivity contribution in [1.29, 1.82) is 0 Å². The average Bonchev–Trinajstić information content (AvgIpc) is 2.75. The fourth-order valence-electron chi connectivity index (χ4n) is 4.37. The number of rotatable bonds is 7. The minimum atomic E-state index is 0.0789. The molecular formula is C22H33N3O3. The van der Waals surface area contributed by atoms with Crippen LogP contribution in [0.5, 0.6) is 0 Å². The zero-order valence-electron chi connectivity index (χ0n) is 16.9. The maximum atomic E-state index is 12.6. The number of carbonyl (C=O) groups is 2. The standard InChI is InChI=1S/C22H33N3O3/c1-28-17-21(26)24-14-10-20(11-15-24)25-13-5-8-19(16-25)22(27)23-12-9-18-6-3-2-4-7-18/h2-4,6-7,19-20H,5,8-17H2,1H3,(H,23,27)/t19-/m0/s1. The van der Waals surface area contributed by atoms with Crippen LogP contribution < -0.4 is 5.32 Å². The summed E-state index contributed by atoms with van der Waals surface area (Å²) < 4.78 is 4.95. The molecule has 0 aromatic heterocycles. The van der Waals surface area contributed by atoms with Crippen LogP contribution in [-0.4, -0.2) is 74.1 Å². The van der Waals surface area contributed by atoms with Gasteiger partial charge in [-0.2, -0.15) is 0 Å². The predicted molar refractivity (Wildman–Crippen MR) is 109 cm³/mol. The molecule has 2 saturated heterocycles. The van der Waals surface area contributed by atoms with Crippen LogP contribution in [0.15, 0.2) is 30.3 Å². The molecule has 28 heavy (non-hydrogen) atoms. The highest BCUT2D eigenvalue weighted by atomic mass is 16.5. The van der Waals surface area contributed by atoms with Gasteiger partial charge in [-0.1, -0.05) is 30.3 Å². The minimum absolute atomic E-state index is 0.0789. The van der Waals surface area contributed by atoms with Crippen molar-refractivity contribution in [2.24, 2.45) is 5.92 Å². The van der Waals surface area contributed by atoms with Gasteiger partial charge in [-0.15, -0.1) is 0 Å². The number of likely N-dealkylation sites (tertiary alicyclic amines) is 2. The van der Waals surface area contributed by atoms with E-state index in [1.807, 2.05) is 23.1 Å². The maximum absolute atomic E-state index is 12.6. The number of amides is 2. The molecule has 0 spiro atoms. The number of hydrogen-bond donors (Lipinski definition) is 1. The monoisotopic (exact) mass is 387 g/mol. The number of nitrogens with one attached hydrogen (secondary N) is 1. The van der Waals surface area contributed by atoms with E-state index in [0.29, 0.717) is 12.6 Å². The van der Waals surface area contributed by atoms with Crippen molar-refractivity contribution in [3.8, 4) is 0 Å². The van der Waals surface area contributed by atoms with E-state index in [9.17, 15) is 9.59 Å². The summed E-state index contributed by atoms with van der Waals surface area (Å²) in [5.74, 6) is 0.348. The Labute approximate surface area is 168 Å². The minimum Gasteiger partial charge on any atom is -0.375 e. The van der Waals surface area contributed by atoms with Gasteiger partial charge >= 0.3 is 0 Å². The molecule has 0 saturated carbocycles. The number of carbonyl (C=O) groups excluding carboxylic acids is 2. The molecule has 3 rings (SSSR count). The van der Waals surface area contributed by atoms with Gasteiger partial charge in [-0.3, -0.25) is 14.5 Å². The number of methoxy groups -OCH3 is 1. The lowest BCUT2D eigenvalue weighted by Gasteiger charge is -2.42. The number of ether oxygens (including phenoxy) is 1. The van der Waals surface area contributed by atoms with E-state index in [-0.39, 0.29) is 24.3 Å². The first-order valence-electron chi connectivity index (χ1n) is 10.5. The molecule has 2 aliphatic rings. The Bertz CT molecular complexity index is 629. The molecule has 2 aliphatic heterocycles. The first-order valence-corrected chi connectivity index (χ1v) is 10.5. The second-order valence-electron chi connectivity index (χ2n) is 7.91. The van der Waals surface area contributed by atoms with E-state index in [0.717, 1.165) is 58.3 Å². The molecule has 2 heterocycles. The molecule has 0 bridgehead atoms. The van der Waals surface area contributed by atoms with Crippen molar-refractivity contribution in [3.63, 3.8) is 0 Å². The number of hydrogen-bond acceptors (Lipinski definition) is 4. The summed E-state index contributed by atoms with van der Waals surface area (Å²) in [5.41, 5.74) is 1.25. The molecule has 2 fully saturated rings. The second kappa shape index (κ2) is 10.6. The molecule has 0 radical (unpaired) electrons. The van der Waals surface area contributed by atoms with Crippen molar-refractivity contribution >= 4 is 11.8 Å². The van der Waals surface area contributed by atoms with Crippen molar-refractivity contribution in [2.45, 2.75) is 38.1 Å². The van der Waals surface area contributed by atoms with Crippen molar-refractivity contribution in [2.75, 3.05) is 46.4 Å². The fourth-order valence-corrected chi connectivity index (χ4v) is 4.37. The number of nitrogens with zero attached hydrogens (tertiary/aromatic N) is 2. The van der Waals surface area contributed by atoms with Crippen LogP contribution in [0.3, 0.4) is 0 Å². The summed E-state index contributed by atoms with van der Waals surface area (Å²) in [6.45, 7) is 4.34. The van der Waals surface area contributed by atoms with Crippen LogP contribution in [0.2, 0.25) is 0 Å². The number of piperidine rings is 2. The predicted octanol–water partition coefficient (Wildman–Crippen LogP) is 1.69. The topological polar surface area (TPSA) is 61.9 Å². The van der Waals surface area contributed by atoms with Crippen molar-refractivity contribution in [3.05, 3.63) is 35.9 Å². The Morgan fingerprint density at radius 2 is 1.86 bits per heavy atom. The first-order chi connectivity index (χ1) is 13.7. The lowest BCUT2D eigenvalue weighted by atomic mass is 9.93. The summed E-state index contributed by atoms with van der Waals surface area (Å²) in [5, 5.41) is 3.13. The molecule has 6 nitrogen and oxygen atoms in total. The highest BCUT2D eigenvalue weighted by Crippen LogP contribution is 2.24. The molecule has 154 valence electrons. The zero-order valence-corrected chi connectivity index (χ0v) is 16.9. The Morgan fingerprint density at radius 1 is 1.11 bits per heavy atom. The normalized spacial score (nSPS) is 21.5. The summed E-state index contributed by atoms with van der Waals surface area (Å²) in [6, 6.07) is 10.7. The van der Waals surface area contributed by atoms with E-state index in [1.165, 1.54) is 5.56 Å². The van der Waals surface area contributed by atoms with Gasteiger partial charge in [0.25, 0.3) is 0 Å². The van der Waals surface area contributed by atoms with Crippen LogP contribution in [0.1, 0.15) is 31.2 Å². The van der Waals surface area contributed by atoms with Gasteiger partial charge in [-0.05, 0) is 44.2 Å². The fraction of sp³-hybridized carbons (Fsp3) is 0.636. The molecule has 1 atom stereocenters. The summed E-state index contributed by atoms with van der Waals surface area (Å²) in [6.07, 6.45) is 4.88. The Hall–Kier alpha value is -1.92. The van der Waals surface area contributed by atoms with Crippen LogP contribution in [0.4, 0.5) is 0 Å². The molecule has 1 aromatic carbocycles.